The van der Waals surface area contributed by atoms with Gasteiger partial charge in [-0.2, -0.15) is 0 Å². The molecular weight excluding hydrogens is 250 g/mol. The molecule has 0 fully saturated rings. The van der Waals surface area contributed by atoms with Gasteiger partial charge >= 0.3 is 0 Å². The first-order chi connectivity index (χ1) is 8.65. The topological polar surface area (TPSA) is 56.0 Å². The van der Waals surface area contributed by atoms with Crippen molar-refractivity contribution in [3.63, 3.8) is 0 Å². The maximum absolute atomic E-state index is 5.90. The highest BCUT2D eigenvalue weighted by Gasteiger charge is 2.11. The van der Waals surface area contributed by atoms with E-state index in [1.54, 1.807) is 12.3 Å². The first kappa shape index (κ1) is 11.1. The molecule has 0 unspecified atom stereocenters. The number of nitrogens with zero attached hydrogens (tertiary/aromatic N) is 5. The summed E-state index contributed by atoms with van der Waals surface area (Å²) in [4.78, 5) is 8.47. The van der Waals surface area contributed by atoms with E-state index in [4.69, 9.17) is 11.6 Å². The molecule has 0 N–H and O–H groups in total. The molecule has 0 spiro atoms. The minimum Gasteiger partial charge on any atom is -0.263 e. The van der Waals surface area contributed by atoms with Crippen LogP contribution in [0.15, 0.2) is 24.4 Å². The molecule has 0 aromatic carbocycles. The largest absolute Gasteiger partial charge is 0.263 e. The predicted molar refractivity (Wildman–Crippen MR) is 68.5 cm³/mol. The van der Waals surface area contributed by atoms with Crippen LogP contribution in [0, 0.1) is 13.8 Å². The average molecular weight is 260 g/mol. The van der Waals surface area contributed by atoms with Crippen molar-refractivity contribution in [3.8, 4) is 11.4 Å². The van der Waals surface area contributed by atoms with Crippen LogP contribution in [0.25, 0.3) is 17.0 Å². The quantitative estimate of drug-likeness (QED) is 0.630. The fourth-order valence-electron chi connectivity index (χ4n) is 1.84. The van der Waals surface area contributed by atoms with Gasteiger partial charge in [0.2, 0.25) is 0 Å². The molecule has 3 heterocycles. The molecule has 3 aromatic rings. The Morgan fingerprint density at radius 1 is 1.17 bits per heavy atom. The lowest BCUT2D eigenvalue weighted by molar-refractivity contribution is 0.986. The predicted octanol–water partition coefficient (Wildman–Crippen LogP) is 2.46. The minimum atomic E-state index is 0.418. The van der Waals surface area contributed by atoms with E-state index in [0.717, 1.165) is 22.9 Å². The molecule has 0 aliphatic heterocycles. The third-order valence-corrected chi connectivity index (χ3v) is 2.89. The van der Waals surface area contributed by atoms with Gasteiger partial charge in [0.1, 0.15) is 11.0 Å². The number of aromatic nitrogens is 5. The van der Waals surface area contributed by atoms with E-state index >= 15 is 0 Å². The molecule has 0 bridgehead atoms. The monoisotopic (exact) mass is 259 g/mol. The number of rotatable bonds is 1. The second-order valence-electron chi connectivity index (χ2n) is 4.03. The van der Waals surface area contributed by atoms with Crippen LogP contribution in [0.2, 0.25) is 5.15 Å². The van der Waals surface area contributed by atoms with Gasteiger partial charge in [0.25, 0.3) is 0 Å². The maximum atomic E-state index is 5.90. The Kier molecular flexibility index (Phi) is 2.48. The van der Waals surface area contributed by atoms with Gasteiger partial charge in [-0.25, -0.2) is 4.98 Å². The second kappa shape index (κ2) is 4.03. The third-order valence-electron chi connectivity index (χ3n) is 2.70. The first-order valence-electron chi connectivity index (χ1n) is 5.46. The van der Waals surface area contributed by atoms with Gasteiger partial charge < -0.3 is 0 Å². The number of halogens is 1. The average Bonchev–Trinajstić information content (AvgIpc) is 2.74. The summed E-state index contributed by atoms with van der Waals surface area (Å²) in [5.41, 5.74) is 2.55. The van der Waals surface area contributed by atoms with E-state index in [9.17, 15) is 0 Å². The Balaban J connectivity index is 2.27. The molecule has 0 saturated carbocycles. The molecule has 0 amide bonds. The summed E-state index contributed by atoms with van der Waals surface area (Å²) >= 11 is 5.90. The van der Waals surface area contributed by atoms with Gasteiger partial charge in [0, 0.05) is 23.5 Å². The van der Waals surface area contributed by atoms with Crippen molar-refractivity contribution in [1.82, 2.24) is 24.6 Å². The zero-order chi connectivity index (χ0) is 12.7. The molecule has 3 rings (SSSR count). The van der Waals surface area contributed by atoms with Gasteiger partial charge in [-0.05, 0) is 26.0 Å². The first-order valence-corrected chi connectivity index (χ1v) is 5.84. The lowest BCUT2D eigenvalue weighted by atomic mass is 10.2. The fourth-order valence-corrected chi connectivity index (χ4v) is 2.06. The minimum absolute atomic E-state index is 0.418. The number of fused-ring (bicyclic) bond motifs is 1. The third kappa shape index (κ3) is 1.73. The van der Waals surface area contributed by atoms with Crippen LogP contribution < -0.4 is 0 Å². The number of hydrogen-bond donors (Lipinski definition) is 0. The Labute approximate surface area is 108 Å². The Morgan fingerprint density at radius 3 is 2.72 bits per heavy atom. The molecule has 0 aliphatic rings. The van der Waals surface area contributed by atoms with Crippen LogP contribution in [0.3, 0.4) is 0 Å². The van der Waals surface area contributed by atoms with Gasteiger partial charge in [-0.1, -0.05) is 11.6 Å². The summed E-state index contributed by atoms with van der Waals surface area (Å²) in [6.07, 6.45) is 1.78. The number of pyridine rings is 1. The van der Waals surface area contributed by atoms with Crippen molar-refractivity contribution in [3.05, 3.63) is 41.1 Å². The molecule has 90 valence electrons. The molecule has 6 heteroatoms. The normalized spacial score (nSPS) is 11.1. The Hall–Kier alpha value is -2.01. The van der Waals surface area contributed by atoms with Crippen LogP contribution in [0.4, 0.5) is 0 Å². The van der Waals surface area contributed by atoms with Gasteiger partial charge in [0.15, 0.2) is 11.5 Å². The standard InChI is InChI=1S/C12H10ClN5/c1-7-3-4-9(6-14-7)12-17-16-11-5-10(13)15-8(2)18(11)12/h3-6H,1-2H3. The maximum Gasteiger partial charge on any atom is 0.171 e. The van der Waals surface area contributed by atoms with Crippen LogP contribution in [-0.2, 0) is 0 Å². The van der Waals surface area contributed by atoms with Crippen molar-refractivity contribution in [2.45, 2.75) is 13.8 Å². The number of aryl methyl sites for hydroxylation is 2. The van der Waals surface area contributed by atoms with E-state index in [1.165, 1.54) is 0 Å². The van der Waals surface area contributed by atoms with E-state index in [-0.39, 0.29) is 0 Å². The summed E-state index contributed by atoms with van der Waals surface area (Å²) in [5, 5.41) is 8.69. The molecular formula is C12H10ClN5. The van der Waals surface area contributed by atoms with Gasteiger partial charge in [-0.15, -0.1) is 10.2 Å². The molecule has 18 heavy (non-hydrogen) atoms. The Morgan fingerprint density at radius 2 is 2.00 bits per heavy atom. The van der Waals surface area contributed by atoms with Crippen LogP contribution in [0.1, 0.15) is 11.5 Å². The van der Waals surface area contributed by atoms with Crippen molar-refractivity contribution in [1.29, 1.82) is 0 Å². The lowest BCUT2D eigenvalue weighted by Crippen LogP contribution is -1.98. The lowest BCUT2D eigenvalue weighted by Gasteiger charge is -2.03. The Bertz CT molecular complexity index is 717. The molecule has 0 radical (unpaired) electrons. The smallest absolute Gasteiger partial charge is 0.171 e. The van der Waals surface area contributed by atoms with Gasteiger partial charge in [0.05, 0.1) is 0 Å². The zero-order valence-corrected chi connectivity index (χ0v) is 10.7. The van der Waals surface area contributed by atoms with E-state index in [2.05, 4.69) is 20.2 Å². The van der Waals surface area contributed by atoms with E-state index in [1.807, 2.05) is 30.4 Å². The van der Waals surface area contributed by atoms with Crippen molar-refractivity contribution in [2.24, 2.45) is 0 Å². The van der Waals surface area contributed by atoms with Gasteiger partial charge in [-0.3, -0.25) is 9.38 Å². The molecule has 3 aromatic heterocycles. The molecule has 0 saturated heterocycles. The van der Waals surface area contributed by atoms with Crippen LogP contribution >= 0.6 is 11.6 Å². The summed E-state index contributed by atoms with van der Waals surface area (Å²) in [5.74, 6) is 1.47. The summed E-state index contributed by atoms with van der Waals surface area (Å²) in [6, 6.07) is 5.59. The van der Waals surface area contributed by atoms with Crippen molar-refractivity contribution in [2.75, 3.05) is 0 Å². The molecule has 5 nitrogen and oxygen atoms in total. The highest BCUT2D eigenvalue weighted by Crippen LogP contribution is 2.20. The van der Waals surface area contributed by atoms with Crippen molar-refractivity contribution < 1.29 is 0 Å². The van der Waals surface area contributed by atoms with Crippen LogP contribution in [0.5, 0.6) is 0 Å². The zero-order valence-electron chi connectivity index (χ0n) is 9.92. The highest BCUT2D eigenvalue weighted by atomic mass is 35.5. The van der Waals surface area contributed by atoms with E-state index in [0.29, 0.717) is 10.8 Å². The van der Waals surface area contributed by atoms with Crippen LogP contribution in [-0.4, -0.2) is 24.6 Å². The summed E-state index contributed by atoms with van der Waals surface area (Å²) < 4.78 is 1.86. The van der Waals surface area contributed by atoms with E-state index < -0.39 is 0 Å². The van der Waals surface area contributed by atoms with Crippen molar-refractivity contribution >= 4 is 17.2 Å². The summed E-state index contributed by atoms with van der Waals surface area (Å²) in [7, 11) is 0. The molecule has 0 aliphatic carbocycles. The molecule has 0 atom stereocenters. The fraction of sp³-hybridized carbons (Fsp3) is 0.167. The number of hydrogen-bond acceptors (Lipinski definition) is 4. The SMILES string of the molecule is Cc1ccc(-c2nnc3cc(Cl)nc(C)n23)cn1. The second-order valence-corrected chi connectivity index (χ2v) is 4.42. The highest BCUT2D eigenvalue weighted by molar-refractivity contribution is 6.29. The summed E-state index contributed by atoms with van der Waals surface area (Å²) in [6.45, 7) is 3.81.